The second-order valence-corrected chi connectivity index (χ2v) is 4.43. The van der Waals surface area contributed by atoms with Gasteiger partial charge >= 0.3 is 6.01 Å². The van der Waals surface area contributed by atoms with Crippen LogP contribution in [0.4, 0.5) is 26.4 Å². The van der Waals surface area contributed by atoms with E-state index >= 15 is 0 Å². The summed E-state index contributed by atoms with van der Waals surface area (Å²) in [4.78, 5) is 12.1. The van der Waals surface area contributed by atoms with Gasteiger partial charge in [0.25, 0.3) is 0 Å². The van der Waals surface area contributed by atoms with E-state index in [1.165, 1.54) is 6.07 Å². The van der Waals surface area contributed by atoms with Crippen LogP contribution in [-0.4, -0.2) is 28.1 Å². The van der Waals surface area contributed by atoms with Crippen molar-refractivity contribution >= 4 is 17.6 Å². The van der Waals surface area contributed by atoms with Gasteiger partial charge in [0.15, 0.2) is 0 Å². The normalized spacial score (nSPS) is 10.6. The van der Waals surface area contributed by atoms with Crippen molar-refractivity contribution in [2.24, 2.45) is 0 Å². The Kier molecular flexibility index (Phi) is 4.46. The molecular formula is C13H15F2N5O. The van der Waals surface area contributed by atoms with Gasteiger partial charge in [0.1, 0.15) is 11.6 Å². The smallest absolute Gasteiger partial charge is 0.323 e. The van der Waals surface area contributed by atoms with E-state index in [1.807, 2.05) is 13.8 Å². The highest BCUT2D eigenvalue weighted by Crippen LogP contribution is 2.20. The average molecular weight is 295 g/mol. The molecule has 6 nitrogen and oxygen atoms in total. The van der Waals surface area contributed by atoms with Crippen LogP contribution in [0.15, 0.2) is 18.2 Å². The number of halogens is 2. The number of nitrogens with zero attached hydrogens (tertiary/aromatic N) is 3. The Hall–Kier alpha value is -2.51. The van der Waals surface area contributed by atoms with Gasteiger partial charge in [-0.2, -0.15) is 15.0 Å². The predicted molar refractivity (Wildman–Crippen MR) is 74.8 cm³/mol. The summed E-state index contributed by atoms with van der Waals surface area (Å²) in [5, 5.41) is 5.42. The first-order valence-electron chi connectivity index (χ1n) is 6.30. The first-order valence-corrected chi connectivity index (χ1v) is 6.30. The van der Waals surface area contributed by atoms with Crippen molar-refractivity contribution in [1.29, 1.82) is 0 Å². The minimum atomic E-state index is -0.743. The number of hydrogen-bond acceptors (Lipinski definition) is 6. The molecule has 2 rings (SSSR count). The Balaban J connectivity index is 2.29. The maximum Gasteiger partial charge on any atom is 0.323 e. The summed E-state index contributed by atoms with van der Waals surface area (Å²) in [5.74, 6) is -1.04. The second-order valence-electron chi connectivity index (χ2n) is 4.43. The van der Waals surface area contributed by atoms with Crippen molar-refractivity contribution in [2.45, 2.75) is 20.0 Å². The van der Waals surface area contributed by atoms with Crippen LogP contribution in [0, 0.1) is 11.6 Å². The highest BCUT2D eigenvalue weighted by atomic mass is 19.1. The molecule has 1 heterocycles. The van der Waals surface area contributed by atoms with Gasteiger partial charge in [0, 0.05) is 13.1 Å². The SMILES string of the molecule is CNc1nc(Nc2ccc(F)cc2F)nc(OC(C)C)n1. The second kappa shape index (κ2) is 6.29. The Labute approximate surface area is 120 Å². The molecule has 21 heavy (non-hydrogen) atoms. The average Bonchev–Trinajstić information content (AvgIpc) is 2.41. The van der Waals surface area contributed by atoms with E-state index in [0.29, 0.717) is 0 Å². The van der Waals surface area contributed by atoms with E-state index in [0.717, 1.165) is 12.1 Å². The fourth-order valence-electron chi connectivity index (χ4n) is 1.50. The molecular weight excluding hydrogens is 280 g/mol. The van der Waals surface area contributed by atoms with Crippen LogP contribution >= 0.6 is 0 Å². The molecule has 0 aliphatic rings. The van der Waals surface area contributed by atoms with Gasteiger partial charge in [0.2, 0.25) is 11.9 Å². The molecule has 0 radical (unpaired) electrons. The van der Waals surface area contributed by atoms with Crippen molar-refractivity contribution in [3.8, 4) is 6.01 Å². The predicted octanol–water partition coefficient (Wildman–Crippen LogP) is 2.72. The topological polar surface area (TPSA) is 72.0 Å². The zero-order chi connectivity index (χ0) is 15.4. The molecule has 2 N–H and O–H groups in total. The molecule has 2 aromatic rings. The van der Waals surface area contributed by atoms with Crippen LogP contribution in [-0.2, 0) is 0 Å². The summed E-state index contributed by atoms with van der Waals surface area (Å²) in [5.41, 5.74) is 0.0557. The molecule has 0 aliphatic heterocycles. The third-order valence-electron chi connectivity index (χ3n) is 2.36. The molecule has 0 bridgehead atoms. The van der Waals surface area contributed by atoms with Crippen molar-refractivity contribution < 1.29 is 13.5 Å². The number of rotatable bonds is 5. The van der Waals surface area contributed by atoms with Crippen LogP contribution in [0.3, 0.4) is 0 Å². The summed E-state index contributed by atoms with van der Waals surface area (Å²) >= 11 is 0. The fraction of sp³-hybridized carbons (Fsp3) is 0.308. The summed E-state index contributed by atoms with van der Waals surface area (Å²) in [6.07, 6.45) is -0.118. The zero-order valence-electron chi connectivity index (χ0n) is 11.8. The Morgan fingerprint density at radius 2 is 1.81 bits per heavy atom. The van der Waals surface area contributed by atoms with Crippen LogP contribution in [0.5, 0.6) is 6.01 Å². The molecule has 0 unspecified atom stereocenters. The third kappa shape index (κ3) is 3.98. The van der Waals surface area contributed by atoms with Crippen molar-refractivity contribution in [3.05, 3.63) is 29.8 Å². The molecule has 1 aromatic heterocycles. The van der Waals surface area contributed by atoms with Crippen LogP contribution in [0.25, 0.3) is 0 Å². The van der Waals surface area contributed by atoms with Crippen LogP contribution in [0.1, 0.15) is 13.8 Å². The van der Waals surface area contributed by atoms with Gasteiger partial charge in [-0.1, -0.05) is 0 Å². The Morgan fingerprint density at radius 3 is 2.43 bits per heavy atom. The lowest BCUT2D eigenvalue weighted by molar-refractivity contribution is 0.222. The highest BCUT2D eigenvalue weighted by Gasteiger charge is 2.11. The van der Waals surface area contributed by atoms with Crippen LogP contribution < -0.4 is 15.4 Å². The zero-order valence-corrected chi connectivity index (χ0v) is 11.8. The van der Waals surface area contributed by atoms with Gasteiger partial charge in [-0.15, -0.1) is 0 Å². The molecule has 0 fully saturated rings. The maximum atomic E-state index is 13.6. The Bertz CT molecular complexity index is 636. The van der Waals surface area contributed by atoms with E-state index in [1.54, 1.807) is 7.05 Å². The summed E-state index contributed by atoms with van der Waals surface area (Å²) < 4.78 is 31.9. The number of anilines is 3. The molecule has 0 atom stereocenters. The lowest BCUT2D eigenvalue weighted by Gasteiger charge is -2.11. The molecule has 8 heteroatoms. The molecule has 112 valence electrons. The maximum absolute atomic E-state index is 13.6. The van der Waals surface area contributed by atoms with Gasteiger partial charge in [-0.25, -0.2) is 8.78 Å². The number of benzene rings is 1. The Morgan fingerprint density at radius 1 is 1.10 bits per heavy atom. The van der Waals surface area contributed by atoms with E-state index in [9.17, 15) is 8.78 Å². The largest absolute Gasteiger partial charge is 0.461 e. The standard InChI is InChI=1S/C13H15F2N5O/c1-7(2)21-13-19-11(16-3)18-12(20-13)17-10-5-4-8(14)6-9(10)15/h4-7H,1-3H3,(H2,16,17,18,19,20). The van der Waals surface area contributed by atoms with E-state index < -0.39 is 11.6 Å². The van der Waals surface area contributed by atoms with Crippen LogP contribution in [0.2, 0.25) is 0 Å². The highest BCUT2D eigenvalue weighted by molar-refractivity contribution is 5.55. The molecule has 1 aromatic carbocycles. The van der Waals surface area contributed by atoms with E-state index in [4.69, 9.17) is 4.74 Å². The third-order valence-corrected chi connectivity index (χ3v) is 2.36. The molecule has 0 aliphatic carbocycles. The quantitative estimate of drug-likeness (QED) is 0.883. The van der Waals surface area contributed by atoms with Gasteiger partial charge < -0.3 is 15.4 Å². The first-order chi connectivity index (χ1) is 9.97. The summed E-state index contributed by atoms with van der Waals surface area (Å²) in [6, 6.07) is 3.27. The number of aromatic nitrogens is 3. The number of ether oxygens (including phenoxy) is 1. The number of hydrogen-bond donors (Lipinski definition) is 2. The fourth-order valence-corrected chi connectivity index (χ4v) is 1.50. The summed E-state index contributed by atoms with van der Waals surface area (Å²) in [6.45, 7) is 3.66. The number of nitrogens with one attached hydrogen (secondary N) is 2. The first kappa shape index (κ1) is 14.9. The van der Waals surface area contributed by atoms with E-state index in [-0.39, 0.29) is 29.7 Å². The van der Waals surface area contributed by atoms with Crippen molar-refractivity contribution in [2.75, 3.05) is 17.7 Å². The molecule has 0 spiro atoms. The molecule has 0 amide bonds. The lowest BCUT2D eigenvalue weighted by atomic mass is 10.3. The van der Waals surface area contributed by atoms with Crippen molar-refractivity contribution in [3.63, 3.8) is 0 Å². The summed E-state index contributed by atoms with van der Waals surface area (Å²) in [7, 11) is 1.64. The van der Waals surface area contributed by atoms with Crippen molar-refractivity contribution in [1.82, 2.24) is 15.0 Å². The lowest BCUT2D eigenvalue weighted by Crippen LogP contribution is -2.12. The minimum absolute atomic E-state index is 0.0557. The van der Waals surface area contributed by atoms with Gasteiger partial charge in [-0.05, 0) is 26.0 Å². The van der Waals surface area contributed by atoms with Gasteiger partial charge in [-0.3, -0.25) is 0 Å². The molecule has 0 saturated heterocycles. The van der Waals surface area contributed by atoms with E-state index in [2.05, 4.69) is 25.6 Å². The molecule has 0 saturated carbocycles. The monoisotopic (exact) mass is 295 g/mol. The minimum Gasteiger partial charge on any atom is -0.461 e. The van der Waals surface area contributed by atoms with Gasteiger partial charge in [0.05, 0.1) is 11.8 Å².